The van der Waals surface area contributed by atoms with Gasteiger partial charge in [-0.1, -0.05) is 25.3 Å². The molecule has 102 valence electrons. The Morgan fingerprint density at radius 3 is 2.89 bits per heavy atom. The van der Waals surface area contributed by atoms with Crippen LogP contribution in [0.2, 0.25) is 0 Å². The molecule has 0 bridgehead atoms. The molecule has 0 saturated heterocycles. The van der Waals surface area contributed by atoms with E-state index in [9.17, 15) is 5.11 Å². The van der Waals surface area contributed by atoms with Crippen LogP contribution >= 0.6 is 12.2 Å². The lowest BCUT2D eigenvalue weighted by Crippen LogP contribution is -2.23. The van der Waals surface area contributed by atoms with Gasteiger partial charge < -0.3 is 14.7 Å². The van der Waals surface area contributed by atoms with E-state index in [2.05, 4.69) is 34.7 Å². The quantitative estimate of drug-likeness (QED) is 0.613. The highest BCUT2D eigenvalue weighted by Crippen LogP contribution is 2.31. The monoisotopic (exact) mass is 276 g/mol. The number of aliphatic hydroxyl groups is 1. The summed E-state index contributed by atoms with van der Waals surface area (Å²) in [6.45, 7) is 2.09. The number of aromatic nitrogens is 2. The van der Waals surface area contributed by atoms with E-state index < -0.39 is 0 Å². The molecule has 0 amide bonds. The molecule has 1 aliphatic carbocycles. The third-order valence-electron chi connectivity index (χ3n) is 4.15. The smallest absolute Gasteiger partial charge is 0.178 e. The van der Waals surface area contributed by atoms with Crippen LogP contribution in [0, 0.1) is 11.7 Å². The minimum atomic E-state index is -0.284. The van der Waals surface area contributed by atoms with Gasteiger partial charge in [0.2, 0.25) is 0 Å². The van der Waals surface area contributed by atoms with Crippen LogP contribution in [-0.4, -0.2) is 20.8 Å². The van der Waals surface area contributed by atoms with Gasteiger partial charge in [0.15, 0.2) is 4.77 Å². The number of benzene rings is 1. The number of hydrogen-bond donors (Lipinski definition) is 2. The van der Waals surface area contributed by atoms with Crippen molar-refractivity contribution in [1.82, 2.24) is 9.55 Å². The Morgan fingerprint density at radius 2 is 2.05 bits per heavy atom. The van der Waals surface area contributed by atoms with Crippen LogP contribution in [0.15, 0.2) is 18.2 Å². The Hall–Kier alpha value is -1.13. The summed E-state index contributed by atoms with van der Waals surface area (Å²) in [5.74, 6) is 0. The summed E-state index contributed by atoms with van der Waals surface area (Å²) >= 11 is 5.47. The van der Waals surface area contributed by atoms with E-state index in [1.807, 2.05) is 0 Å². The van der Waals surface area contributed by atoms with Crippen molar-refractivity contribution in [3.8, 4) is 0 Å². The number of aromatic amines is 1. The van der Waals surface area contributed by atoms with E-state index in [1.165, 1.54) is 18.4 Å². The Kier molecular flexibility index (Phi) is 3.46. The Labute approximate surface area is 118 Å². The predicted octanol–water partition coefficient (Wildman–Crippen LogP) is 3.87. The van der Waals surface area contributed by atoms with Crippen LogP contribution in [0.3, 0.4) is 0 Å². The summed E-state index contributed by atoms with van der Waals surface area (Å²) < 4.78 is 2.86. The molecule has 0 radical (unpaired) electrons. The van der Waals surface area contributed by atoms with Gasteiger partial charge in [0.25, 0.3) is 0 Å². The summed E-state index contributed by atoms with van der Waals surface area (Å²) in [7, 11) is 0. The van der Waals surface area contributed by atoms with Crippen molar-refractivity contribution in [2.24, 2.45) is 0 Å². The number of imidazole rings is 1. The first-order valence-electron chi connectivity index (χ1n) is 7.06. The first-order chi connectivity index (χ1) is 9.16. The molecule has 4 heteroatoms. The zero-order chi connectivity index (χ0) is 13.4. The number of fused-ring (bicyclic) bond motifs is 1. The lowest BCUT2D eigenvalue weighted by molar-refractivity contribution is 0.107. The van der Waals surface area contributed by atoms with Crippen molar-refractivity contribution in [2.45, 2.75) is 51.2 Å². The summed E-state index contributed by atoms with van der Waals surface area (Å²) in [6.07, 6.45) is 5.10. The number of rotatable bonds is 1. The molecule has 0 spiro atoms. The zero-order valence-corrected chi connectivity index (χ0v) is 12.0. The molecule has 1 saturated carbocycles. The topological polar surface area (TPSA) is 41.0 Å². The number of aliphatic hydroxyl groups excluding tert-OH is 1. The largest absolute Gasteiger partial charge is 0.391 e. The molecular weight excluding hydrogens is 256 g/mol. The molecule has 0 aliphatic heterocycles. The van der Waals surface area contributed by atoms with Crippen LogP contribution in [0.5, 0.6) is 0 Å². The van der Waals surface area contributed by atoms with Gasteiger partial charge in [-0.2, -0.15) is 0 Å². The highest BCUT2D eigenvalue weighted by Gasteiger charge is 2.25. The van der Waals surface area contributed by atoms with E-state index in [4.69, 9.17) is 12.2 Å². The first-order valence-corrected chi connectivity index (χ1v) is 7.46. The minimum Gasteiger partial charge on any atom is -0.391 e. The summed E-state index contributed by atoms with van der Waals surface area (Å²) in [5, 5.41) is 10.4. The van der Waals surface area contributed by atoms with Crippen molar-refractivity contribution in [1.29, 1.82) is 0 Å². The molecule has 2 N–H and O–H groups in total. The van der Waals surface area contributed by atoms with Crippen molar-refractivity contribution in [2.75, 3.05) is 0 Å². The van der Waals surface area contributed by atoms with E-state index in [1.54, 1.807) is 0 Å². The Morgan fingerprint density at radius 1 is 1.26 bits per heavy atom. The molecule has 2 atom stereocenters. The number of nitrogens with one attached hydrogen (secondary N) is 1. The van der Waals surface area contributed by atoms with E-state index in [0.717, 1.165) is 35.1 Å². The maximum Gasteiger partial charge on any atom is 0.178 e. The Bertz CT molecular complexity index is 643. The van der Waals surface area contributed by atoms with Gasteiger partial charge >= 0.3 is 0 Å². The van der Waals surface area contributed by atoms with Gasteiger partial charge in [0, 0.05) is 0 Å². The van der Waals surface area contributed by atoms with Gasteiger partial charge in [-0.15, -0.1) is 0 Å². The van der Waals surface area contributed by atoms with Crippen LogP contribution in [0.1, 0.15) is 43.7 Å². The summed E-state index contributed by atoms with van der Waals surface area (Å²) in [5.41, 5.74) is 3.40. The molecule has 1 aromatic heterocycles. The molecule has 3 nitrogen and oxygen atoms in total. The standard InChI is InChI=1S/C15H20N2OS/c1-10-7-8-11-13(9-10)17(15(19)16-11)12-5-3-2-4-6-14(12)18/h7-9,12,14,18H,2-6H2,1H3,(H,16,19). The lowest BCUT2D eigenvalue weighted by atomic mass is 10.1. The molecule has 1 heterocycles. The van der Waals surface area contributed by atoms with E-state index >= 15 is 0 Å². The third kappa shape index (κ3) is 2.35. The SMILES string of the molecule is Cc1ccc2[nH]c(=S)n(C3CCCCCC3O)c2c1. The lowest BCUT2D eigenvalue weighted by Gasteiger charge is -2.22. The fourth-order valence-corrected chi connectivity index (χ4v) is 3.47. The van der Waals surface area contributed by atoms with Gasteiger partial charge in [0.05, 0.1) is 23.2 Å². The second-order valence-corrected chi connectivity index (χ2v) is 5.98. The van der Waals surface area contributed by atoms with Crippen LogP contribution in [0.4, 0.5) is 0 Å². The molecule has 2 aromatic rings. The summed E-state index contributed by atoms with van der Waals surface area (Å²) in [6, 6.07) is 6.42. The van der Waals surface area contributed by atoms with Crippen molar-refractivity contribution >= 4 is 23.3 Å². The number of hydrogen-bond acceptors (Lipinski definition) is 2. The third-order valence-corrected chi connectivity index (χ3v) is 4.45. The molecule has 2 unspecified atom stereocenters. The highest BCUT2D eigenvalue weighted by molar-refractivity contribution is 7.71. The molecule has 3 rings (SSSR count). The highest BCUT2D eigenvalue weighted by atomic mass is 32.1. The fraction of sp³-hybridized carbons (Fsp3) is 0.533. The Balaban J connectivity index is 2.15. The maximum absolute atomic E-state index is 10.4. The second kappa shape index (κ2) is 5.10. The van der Waals surface area contributed by atoms with Crippen molar-refractivity contribution in [3.63, 3.8) is 0 Å². The summed E-state index contributed by atoms with van der Waals surface area (Å²) in [4.78, 5) is 3.26. The average molecular weight is 276 g/mol. The normalized spacial score (nSPS) is 24.5. The number of aryl methyl sites for hydroxylation is 1. The molecule has 1 fully saturated rings. The molecule has 1 aliphatic rings. The predicted molar refractivity (Wildman–Crippen MR) is 80.0 cm³/mol. The van der Waals surface area contributed by atoms with Gasteiger partial charge in [-0.3, -0.25) is 0 Å². The van der Waals surface area contributed by atoms with E-state index in [-0.39, 0.29) is 12.1 Å². The molecular formula is C15H20N2OS. The minimum absolute atomic E-state index is 0.116. The van der Waals surface area contributed by atoms with Crippen LogP contribution in [-0.2, 0) is 0 Å². The van der Waals surface area contributed by atoms with E-state index in [0.29, 0.717) is 0 Å². The van der Waals surface area contributed by atoms with Crippen molar-refractivity contribution < 1.29 is 5.11 Å². The number of H-pyrrole nitrogens is 1. The van der Waals surface area contributed by atoms with Crippen LogP contribution < -0.4 is 0 Å². The number of nitrogens with zero attached hydrogens (tertiary/aromatic N) is 1. The van der Waals surface area contributed by atoms with Crippen molar-refractivity contribution in [3.05, 3.63) is 28.5 Å². The van der Waals surface area contributed by atoms with Gasteiger partial charge in [-0.25, -0.2) is 0 Å². The average Bonchev–Trinajstić information content (AvgIpc) is 2.55. The maximum atomic E-state index is 10.4. The van der Waals surface area contributed by atoms with Gasteiger partial charge in [0.1, 0.15) is 0 Å². The fourth-order valence-electron chi connectivity index (χ4n) is 3.13. The van der Waals surface area contributed by atoms with Crippen LogP contribution in [0.25, 0.3) is 11.0 Å². The second-order valence-electron chi connectivity index (χ2n) is 5.59. The zero-order valence-electron chi connectivity index (χ0n) is 11.2. The molecule has 1 aromatic carbocycles. The van der Waals surface area contributed by atoms with Gasteiger partial charge in [-0.05, 0) is 49.7 Å². The first kappa shape index (κ1) is 12.9. The molecule has 19 heavy (non-hydrogen) atoms.